The van der Waals surface area contributed by atoms with E-state index in [0.717, 1.165) is 24.0 Å². The average Bonchev–Trinajstić information content (AvgIpc) is 3.03. The molecule has 0 radical (unpaired) electrons. The molecule has 3 N–H and O–H groups in total. The van der Waals surface area contributed by atoms with Crippen molar-refractivity contribution >= 4 is 17.6 Å². The summed E-state index contributed by atoms with van der Waals surface area (Å²) < 4.78 is 5.01. The Balaban J connectivity index is 1.61. The van der Waals surface area contributed by atoms with Gasteiger partial charge >= 0.3 is 5.97 Å². The molecule has 2 saturated carbocycles. The third kappa shape index (κ3) is 6.07. The molecule has 0 aromatic heterocycles. The molecule has 2 aliphatic carbocycles. The van der Waals surface area contributed by atoms with Crippen LogP contribution in [0.1, 0.15) is 68.1 Å². The van der Waals surface area contributed by atoms with Crippen molar-refractivity contribution in [2.45, 2.75) is 68.4 Å². The Morgan fingerprint density at radius 1 is 1.17 bits per heavy atom. The smallest absolute Gasteiger partial charge is 0.329 e. The van der Waals surface area contributed by atoms with E-state index in [1.807, 2.05) is 30.3 Å². The fourth-order valence-electron chi connectivity index (χ4n) is 5.00. The third-order valence-electron chi connectivity index (χ3n) is 6.58. The van der Waals surface area contributed by atoms with Gasteiger partial charge in [0.05, 0.1) is 18.8 Å². The zero-order chi connectivity index (χ0) is 21.5. The molecule has 0 spiro atoms. The van der Waals surface area contributed by atoms with Gasteiger partial charge in [-0.05, 0) is 48.6 Å². The highest BCUT2D eigenvalue weighted by molar-refractivity contribution is 6.21. The van der Waals surface area contributed by atoms with Gasteiger partial charge in [0.15, 0.2) is 0 Å². The summed E-state index contributed by atoms with van der Waals surface area (Å²) in [6, 6.07) is 8.04. The van der Waals surface area contributed by atoms with Crippen molar-refractivity contribution in [1.82, 2.24) is 0 Å². The Morgan fingerprint density at radius 2 is 1.87 bits per heavy atom. The number of aliphatic hydroxyl groups excluding tert-OH is 2. The first-order valence-electron chi connectivity index (χ1n) is 11.0. The number of hydrogen-bond acceptors (Lipinski definition) is 4. The molecule has 5 nitrogen and oxygen atoms in total. The molecule has 0 saturated heterocycles. The van der Waals surface area contributed by atoms with Crippen molar-refractivity contribution in [3.63, 3.8) is 0 Å². The van der Waals surface area contributed by atoms with E-state index in [1.54, 1.807) is 6.08 Å². The van der Waals surface area contributed by atoms with E-state index in [-0.39, 0.29) is 30.4 Å². The van der Waals surface area contributed by atoms with Gasteiger partial charge in [-0.3, -0.25) is 0 Å². The van der Waals surface area contributed by atoms with E-state index in [1.165, 1.54) is 19.3 Å². The first kappa shape index (κ1) is 23.3. The van der Waals surface area contributed by atoms with Crippen LogP contribution in [0.25, 0.3) is 0 Å². The first-order chi connectivity index (χ1) is 14.5. The summed E-state index contributed by atoms with van der Waals surface area (Å²) in [6.45, 7) is -0.0702. The normalized spacial score (nSPS) is 28.8. The van der Waals surface area contributed by atoms with Gasteiger partial charge < -0.3 is 20.1 Å². The van der Waals surface area contributed by atoms with E-state index >= 15 is 0 Å². The summed E-state index contributed by atoms with van der Waals surface area (Å²) in [5.41, 5.74) is 2.00. The summed E-state index contributed by atoms with van der Waals surface area (Å²) in [5, 5.41) is 29.8. The highest BCUT2D eigenvalue weighted by Gasteiger charge is 2.41. The molecule has 2 aliphatic rings. The van der Waals surface area contributed by atoms with Gasteiger partial charge in [0.1, 0.15) is 6.61 Å². The van der Waals surface area contributed by atoms with Crippen molar-refractivity contribution in [2.24, 2.45) is 11.8 Å². The van der Waals surface area contributed by atoms with E-state index in [9.17, 15) is 15.0 Å². The predicted octanol–water partition coefficient (Wildman–Crippen LogP) is 4.42. The van der Waals surface area contributed by atoms with Crippen LogP contribution in [0.3, 0.4) is 0 Å². The fourth-order valence-corrected chi connectivity index (χ4v) is 5.44. The third-order valence-corrected chi connectivity index (χ3v) is 7.08. The molecule has 166 valence electrons. The van der Waals surface area contributed by atoms with Crippen LogP contribution in [-0.4, -0.2) is 46.0 Å². The topological polar surface area (TPSA) is 87.0 Å². The standard InChI is InChI=1S/C24H33ClO5/c25-20-14-21(26)23(19(20)8-4-5-13-30-15-22(27)28)16-9-11-18(12-10-16)24(29)17-6-2-1-3-7-17/h4-5,9-12,17,19-21,23-24,26,29H,1-3,6-8,13-15H2,(H,27,28)/b5-4-/t19-,20+,21+,23+,24?/m0/s1. The minimum atomic E-state index is -0.986. The number of carboxylic acids is 1. The van der Waals surface area contributed by atoms with Crippen LogP contribution < -0.4 is 0 Å². The van der Waals surface area contributed by atoms with Crippen molar-refractivity contribution in [1.29, 1.82) is 0 Å². The molecule has 5 atom stereocenters. The van der Waals surface area contributed by atoms with Crippen LogP contribution in [0.15, 0.2) is 36.4 Å². The minimum absolute atomic E-state index is 0.0574. The van der Waals surface area contributed by atoms with Crippen molar-refractivity contribution < 1.29 is 24.9 Å². The second-order valence-corrected chi connectivity index (χ2v) is 9.19. The van der Waals surface area contributed by atoms with Gasteiger partial charge in [0.2, 0.25) is 0 Å². The minimum Gasteiger partial charge on any atom is -0.480 e. The zero-order valence-corrected chi connectivity index (χ0v) is 18.1. The summed E-state index contributed by atoms with van der Waals surface area (Å²) in [7, 11) is 0. The Labute approximate surface area is 183 Å². The van der Waals surface area contributed by atoms with Crippen LogP contribution in [0.4, 0.5) is 0 Å². The average molecular weight is 437 g/mol. The first-order valence-corrected chi connectivity index (χ1v) is 11.5. The predicted molar refractivity (Wildman–Crippen MR) is 117 cm³/mol. The van der Waals surface area contributed by atoms with Gasteiger partial charge in [0.25, 0.3) is 0 Å². The van der Waals surface area contributed by atoms with Gasteiger partial charge in [-0.15, -0.1) is 11.6 Å². The maximum atomic E-state index is 10.7. The number of aliphatic carboxylic acids is 1. The quantitative estimate of drug-likeness (QED) is 0.303. The highest BCUT2D eigenvalue weighted by atomic mass is 35.5. The van der Waals surface area contributed by atoms with Gasteiger partial charge in [0, 0.05) is 11.3 Å². The summed E-state index contributed by atoms with van der Waals surface area (Å²) in [4.78, 5) is 10.5. The number of alkyl halides is 1. The number of aliphatic hydroxyl groups is 2. The van der Waals surface area contributed by atoms with E-state index < -0.39 is 18.2 Å². The molecular weight excluding hydrogens is 404 g/mol. The molecular formula is C24H33ClO5. The molecule has 0 bridgehead atoms. The summed E-state index contributed by atoms with van der Waals surface area (Å²) >= 11 is 6.54. The number of carboxylic acid groups (broad SMARTS) is 1. The van der Waals surface area contributed by atoms with Crippen molar-refractivity contribution in [3.05, 3.63) is 47.5 Å². The highest BCUT2D eigenvalue weighted by Crippen LogP contribution is 2.45. The van der Waals surface area contributed by atoms with Crippen LogP contribution in [0.2, 0.25) is 0 Å². The Hall–Kier alpha value is -1.40. The molecule has 0 aliphatic heterocycles. The van der Waals surface area contributed by atoms with Crippen molar-refractivity contribution in [3.8, 4) is 0 Å². The number of halogens is 1. The van der Waals surface area contributed by atoms with Gasteiger partial charge in [-0.2, -0.15) is 0 Å². The zero-order valence-electron chi connectivity index (χ0n) is 17.3. The van der Waals surface area contributed by atoms with Gasteiger partial charge in [-0.1, -0.05) is 55.7 Å². The second-order valence-electron chi connectivity index (χ2n) is 8.63. The van der Waals surface area contributed by atoms with E-state index in [4.69, 9.17) is 21.4 Å². The van der Waals surface area contributed by atoms with Crippen LogP contribution >= 0.6 is 11.6 Å². The van der Waals surface area contributed by atoms with Crippen LogP contribution in [-0.2, 0) is 9.53 Å². The lowest BCUT2D eigenvalue weighted by atomic mass is 9.81. The lowest BCUT2D eigenvalue weighted by Gasteiger charge is -2.27. The summed E-state index contributed by atoms with van der Waals surface area (Å²) in [6.07, 6.45) is 9.91. The molecule has 1 aromatic carbocycles. The van der Waals surface area contributed by atoms with E-state index in [0.29, 0.717) is 18.8 Å². The monoisotopic (exact) mass is 436 g/mol. The lowest BCUT2D eigenvalue weighted by molar-refractivity contribution is -0.141. The molecule has 0 heterocycles. The number of hydrogen-bond donors (Lipinski definition) is 3. The molecule has 6 heteroatoms. The Morgan fingerprint density at radius 3 is 2.53 bits per heavy atom. The lowest BCUT2D eigenvalue weighted by Crippen LogP contribution is -2.19. The Bertz CT molecular complexity index is 698. The molecule has 3 rings (SSSR count). The molecule has 1 unspecified atom stereocenters. The number of ether oxygens (including phenoxy) is 1. The molecule has 0 amide bonds. The number of benzene rings is 1. The van der Waals surface area contributed by atoms with Crippen molar-refractivity contribution in [2.75, 3.05) is 13.2 Å². The molecule has 30 heavy (non-hydrogen) atoms. The molecule has 2 fully saturated rings. The number of carbonyl (C=O) groups is 1. The summed E-state index contributed by atoms with van der Waals surface area (Å²) in [5.74, 6) is -0.611. The maximum absolute atomic E-state index is 10.7. The largest absolute Gasteiger partial charge is 0.480 e. The van der Waals surface area contributed by atoms with Crippen LogP contribution in [0.5, 0.6) is 0 Å². The molecule has 1 aromatic rings. The Kier molecular flexibility index (Phi) is 8.75. The maximum Gasteiger partial charge on any atom is 0.329 e. The number of rotatable bonds is 9. The SMILES string of the molecule is O=C(O)COC/C=C\C[C@@H]1[C@@H](c2ccc(C(O)C3CCCCC3)cc2)[C@H](O)C[C@H]1Cl. The fraction of sp³-hybridized carbons (Fsp3) is 0.625. The second kappa shape index (κ2) is 11.3. The number of allylic oxidation sites excluding steroid dienone is 1. The van der Waals surface area contributed by atoms with E-state index in [2.05, 4.69) is 0 Å². The van der Waals surface area contributed by atoms with Gasteiger partial charge in [-0.25, -0.2) is 4.79 Å². The van der Waals surface area contributed by atoms with Crippen LogP contribution in [0, 0.1) is 11.8 Å².